The largest absolute Gasteiger partial charge is 0.398 e. The Labute approximate surface area is 99.7 Å². The monoisotopic (exact) mass is 262 g/mol. The molecule has 1 aromatic carbocycles. The van der Waals surface area contributed by atoms with Gasteiger partial charge in [-0.3, -0.25) is 0 Å². The molecule has 0 saturated carbocycles. The molecule has 5 nitrogen and oxygen atoms in total. The zero-order valence-corrected chi connectivity index (χ0v) is 10.5. The van der Waals surface area contributed by atoms with Crippen LogP contribution in [0, 0.1) is 12.7 Å². The average molecular weight is 262 g/mol. The van der Waals surface area contributed by atoms with E-state index in [1.807, 2.05) is 0 Å². The van der Waals surface area contributed by atoms with Crippen molar-refractivity contribution in [3.05, 3.63) is 23.5 Å². The second-order valence-corrected chi connectivity index (χ2v) is 5.70. The Morgan fingerprint density at radius 1 is 1.47 bits per heavy atom. The van der Waals surface area contributed by atoms with Crippen LogP contribution in [0.2, 0.25) is 0 Å². The second-order valence-electron chi connectivity index (χ2n) is 3.69. The van der Waals surface area contributed by atoms with Crippen molar-refractivity contribution in [3.8, 4) is 0 Å². The molecule has 7 heteroatoms. The fraction of sp³-hybridized carbons (Fsp3) is 0.400. The highest BCUT2D eigenvalue weighted by molar-refractivity contribution is 7.89. The van der Waals surface area contributed by atoms with E-state index < -0.39 is 20.7 Å². The Hall–Kier alpha value is -1.18. The lowest BCUT2D eigenvalue weighted by atomic mass is 10.2. The van der Waals surface area contributed by atoms with Crippen LogP contribution < -0.4 is 5.73 Å². The van der Waals surface area contributed by atoms with Gasteiger partial charge in [0, 0.05) is 19.3 Å². The number of sulfonamides is 1. The second kappa shape index (κ2) is 4.99. The quantitative estimate of drug-likeness (QED) is 0.766. The molecule has 17 heavy (non-hydrogen) atoms. The van der Waals surface area contributed by atoms with Crippen LogP contribution in [0.5, 0.6) is 0 Å². The molecule has 0 heterocycles. The molecule has 1 rings (SSSR count). The van der Waals surface area contributed by atoms with Crippen LogP contribution in [0.25, 0.3) is 0 Å². The fourth-order valence-corrected chi connectivity index (χ4v) is 2.53. The summed E-state index contributed by atoms with van der Waals surface area (Å²) in [5.41, 5.74) is 6.25. The van der Waals surface area contributed by atoms with Crippen molar-refractivity contribution in [2.75, 3.05) is 25.9 Å². The Morgan fingerprint density at radius 2 is 2.06 bits per heavy atom. The highest BCUT2D eigenvalue weighted by Gasteiger charge is 2.24. The van der Waals surface area contributed by atoms with E-state index in [0.717, 1.165) is 16.4 Å². The van der Waals surface area contributed by atoms with Gasteiger partial charge in [-0.25, -0.2) is 12.8 Å². The van der Waals surface area contributed by atoms with E-state index in [2.05, 4.69) is 0 Å². The summed E-state index contributed by atoms with van der Waals surface area (Å²) < 4.78 is 38.3. The minimum atomic E-state index is -3.95. The topological polar surface area (TPSA) is 83.6 Å². The number of likely N-dealkylation sites (N-methyl/N-ethyl adjacent to an activating group) is 1. The number of hydrogen-bond acceptors (Lipinski definition) is 4. The van der Waals surface area contributed by atoms with E-state index in [1.54, 1.807) is 6.92 Å². The van der Waals surface area contributed by atoms with Crippen LogP contribution in [0.15, 0.2) is 17.0 Å². The third-order valence-electron chi connectivity index (χ3n) is 2.42. The molecule has 0 aliphatic heterocycles. The Balaban J connectivity index is 3.29. The summed E-state index contributed by atoms with van der Waals surface area (Å²) in [6.07, 6.45) is 0. The van der Waals surface area contributed by atoms with Gasteiger partial charge in [0.2, 0.25) is 10.0 Å². The molecule has 3 N–H and O–H groups in total. The summed E-state index contributed by atoms with van der Waals surface area (Å²) in [7, 11) is -2.69. The molecule has 0 aliphatic rings. The smallest absolute Gasteiger partial charge is 0.245 e. The van der Waals surface area contributed by atoms with E-state index in [4.69, 9.17) is 10.8 Å². The van der Waals surface area contributed by atoms with Crippen LogP contribution in [-0.4, -0.2) is 38.0 Å². The van der Waals surface area contributed by atoms with Gasteiger partial charge in [-0.05, 0) is 24.6 Å². The SMILES string of the molecule is Cc1cc(F)c(S(=O)(=O)N(C)CCO)cc1N. The van der Waals surface area contributed by atoms with Gasteiger partial charge in [0.25, 0.3) is 0 Å². The molecule has 0 fully saturated rings. The normalized spacial score (nSPS) is 12.1. The summed E-state index contributed by atoms with van der Waals surface area (Å²) in [6, 6.07) is 2.17. The summed E-state index contributed by atoms with van der Waals surface area (Å²) in [6.45, 7) is 1.15. The van der Waals surface area contributed by atoms with Gasteiger partial charge < -0.3 is 10.8 Å². The number of aryl methyl sites for hydroxylation is 1. The number of hydrogen-bond donors (Lipinski definition) is 2. The van der Waals surface area contributed by atoms with Crippen LogP contribution in [-0.2, 0) is 10.0 Å². The number of halogens is 1. The maximum Gasteiger partial charge on any atom is 0.245 e. The summed E-state index contributed by atoms with van der Waals surface area (Å²) in [5.74, 6) is -0.846. The lowest BCUT2D eigenvalue weighted by Gasteiger charge is -2.17. The molecule has 96 valence electrons. The van der Waals surface area contributed by atoms with Gasteiger partial charge in [-0.15, -0.1) is 0 Å². The summed E-state index contributed by atoms with van der Waals surface area (Å²) in [4.78, 5) is -0.475. The van der Waals surface area contributed by atoms with Gasteiger partial charge in [0.15, 0.2) is 0 Å². The van der Waals surface area contributed by atoms with E-state index in [0.29, 0.717) is 5.56 Å². The lowest BCUT2D eigenvalue weighted by Crippen LogP contribution is -2.30. The molecule has 0 saturated heterocycles. The van der Waals surface area contributed by atoms with Crippen molar-refractivity contribution in [2.24, 2.45) is 0 Å². The molecule has 0 bridgehead atoms. The first kappa shape index (κ1) is 13.9. The van der Waals surface area contributed by atoms with Crippen molar-refractivity contribution in [1.29, 1.82) is 0 Å². The van der Waals surface area contributed by atoms with Crippen molar-refractivity contribution < 1.29 is 17.9 Å². The van der Waals surface area contributed by atoms with Crippen LogP contribution >= 0.6 is 0 Å². The van der Waals surface area contributed by atoms with E-state index >= 15 is 0 Å². The number of anilines is 1. The van der Waals surface area contributed by atoms with E-state index in [9.17, 15) is 12.8 Å². The number of aliphatic hydroxyl groups excluding tert-OH is 1. The predicted octanol–water partition coefficient (Wildman–Crippen LogP) is 0.329. The number of rotatable bonds is 4. The molecule has 0 amide bonds. The molecule has 0 aromatic heterocycles. The predicted molar refractivity (Wildman–Crippen MR) is 62.5 cm³/mol. The zero-order valence-electron chi connectivity index (χ0n) is 9.64. The number of nitrogens with two attached hydrogens (primary N) is 1. The van der Waals surface area contributed by atoms with Gasteiger partial charge in [-0.2, -0.15) is 4.31 Å². The average Bonchev–Trinajstić information content (AvgIpc) is 2.23. The minimum Gasteiger partial charge on any atom is -0.398 e. The van der Waals surface area contributed by atoms with Crippen molar-refractivity contribution in [1.82, 2.24) is 4.31 Å². The van der Waals surface area contributed by atoms with Crippen LogP contribution in [0.1, 0.15) is 5.56 Å². The van der Waals surface area contributed by atoms with Crippen LogP contribution in [0.3, 0.4) is 0 Å². The maximum atomic E-state index is 13.6. The van der Waals surface area contributed by atoms with Crippen molar-refractivity contribution >= 4 is 15.7 Å². The molecule has 0 atom stereocenters. The van der Waals surface area contributed by atoms with E-state index in [-0.39, 0.29) is 18.8 Å². The number of aliphatic hydroxyl groups is 1. The Morgan fingerprint density at radius 3 is 2.59 bits per heavy atom. The Bertz CT molecular complexity index is 517. The highest BCUT2D eigenvalue weighted by atomic mass is 32.2. The molecule has 0 spiro atoms. The first-order chi connectivity index (χ1) is 7.80. The zero-order chi connectivity index (χ0) is 13.2. The molecular weight excluding hydrogens is 247 g/mol. The molecular formula is C10H15FN2O3S. The third kappa shape index (κ3) is 2.74. The number of benzene rings is 1. The first-order valence-corrected chi connectivity index (χ1v) is 6.37. The number of nitrogen functional groups attached to an aromatic ring is 1. The first-order valence-electron chi connectivity index (χ1n) is 4.93. The number of nitrogens with zero attached hydrogens (tertiary/aromatic N) is 1. The molecule has 0 aliphatic carbocycles. The molecule has 0 unspecified atom stereocenters. The van der Waals surface area contributed by atoms with E-state index in [1.165, 1.54) is 7.05 Å². The maximum absolute atomic E-state index is 13.6. The standard InChI is InChI=1S/C10H15FN2O3S/c1-7-5-8(11)10(6-9(7)12)17(15,16)13(2)3-4-14/h5-6,14H,3-4,12H2,1-2H3. The lowest BCUT2D eigenvalue weighted by molar-refractivity contribution is 0.266. The van der Waals surface area contributed by atoms with Gasteiger partial charge >= 0.3 is 0 Å². The molecule has 1 aromatic rings. The Kier molecular flexibility index (Phi) is 4.07. The summed E-state index contributed by atoms with van der Waals surface area (Å²) in [5, 5.41) is 8.69. The fourth-order valence-electron chi connectivity index (χ4n) is 1.30. The summed E-state index contributed by atoms with van der Waals surface area (Å²) >= 11 is 0. The van der Waals surface area contributed by atoms with Gasteiger partial charge in [-0.1, -0.05) is 0 Å². The minimum absolute atomic E-state index is 0.102. The van der Waals surface area contributed by atoms with Gasteiger partial charge in [0.1, 0.15) is 10.7 Å². The van der Waals surface area contributed by atoms with Crippen molar-refractivity contribution in [2.45, 2.75) is 11.8 Å². The third-order valence-corrected chi connectivity index (χ3v) is 4.30. The van der Waals surface area contributed by atoms with Crippen molar-refractivity contribution in [3.63, 3.8) is 0 Å². The molecule has 0 radical (unpaired) electrons. The van der Waals surface area contributed by atoms with Crippen LogP contribution in [0.4, 0.5) is 10.1 Å². The van der Waals surface area contributed by atoms with Gasteiger partial charge in [0.05, 0.1) is 6.61 Å². The highest BCUT2D eigenvalue weighted by Crippen LogP contribution is 2.23.